The molecule has 0 aromatic heterocycles. The van der Waals surface area contributed by atoms with Gasteiger partial charge >= 0.3 is 59.5 Å². The summed E-state index contributed by atoms with van der Waals surface area (Å²) in [6, 6.07) is 0. The van der Waals surface area contributed by atoms with Gasteiger partial charge in [-0.15, -0.1) is 0 Å². The van der Waals surface area contributed by atoms with Crippen molar-refractivity contribution in [2.45, 2.75) is 0 Å². The summed E-state index contributed by atoms with van der Waals surface area (Å²) in [5.41, 5.74) is 0. The molecule has 0 radical (unpaired) electrons. The summed E-state index contributed by atoms with van der Waals surface area (Å²) in [6.07, 6.45) is 0. The molecule has 0 aliphatic carbocycles. The molecule has 5 nitrogen and oxygen atoms in total. The second kappa shape index (κ2) is 8.80. The predicted octanol–water partition coefficient (Wildman–Crippen LogP) is -1.84. The predicted molar refractivity (Wildman–Crippen MR) is 16.9 cm³/mol. The van der Waals surface area contributed by atoms with E-state index in [-0.39, 0.29) is 64.9 Å². The van der Waals surface area contributed by atoms with Gasteiger partial charge in [-0.05, 0) is 0 Å². The van der Waals surface area contributed by atoms with Crippen molar-refractivity contribution in [3.63, 3.8) is 0 Å². The van der Waals surface area contributed by atoms with Crippen LogP contribution in [0.3, 0.4) is 0 Å². The van der Waals surface area contributed by atoms with Crippen LogP contribution >= 0.6 is 0 Å². The van der Waals surface area contributed by atoms with E-state index < -0.39 is 10.4 Å². The number of hydrogen-bond acceptors (Lipinski definition) is 4. The molecule has 0 aromatic carbocycles. The van der Waals surface area contributed by atoms with Crippen molar-refractivity contribution in [1.82, 2.24) is 0 Å². The van der Waals surface area contributed by atoms with Gasteiger partial charge in [-0.2, -0.15) is 0 Å². The molecule has 0 N–H and O–H groups in total. The Morgan fingerprint density at radius 3 is 1.12 bits per heavy atom. The van der Waals surface area contributed by atoms with Crippen LogP contribution in [0.15, 0.2) is 0 Å². The van der Waals surface area contributed by atoms with Crippen LogP contribution in [0, 0.1) is 0 Å². The van der Waals surface area contributed by atoms with Crippen LogP contribution in [0.5, 0.6) is 0 Å². The van der Waals surface area contributed by atoms with E-state index in [1.54, 1.807) is 0 Å². The zero-order valence-electron chi connectivity index (χ0n) is 3.66. The Labute approximate surface area is 91.6 Å². The van der Waals surface area contributed by atoms with E-state index in [0.717, 1.165) is 0 Å². The van der Waals surface area contributed by atoms with Crippen molar-refractivity contribution < 1.29 is 44.7 Å². The summed E-state index contributed by atoms with van der Waals surface area (Å²) in [5, 5.41) is 0. The molecule has 0 aliphatic heterocycles. The van der Waals surface area contributed by atoms with Gasteiger partial charge in [-0.1, -0.05) is 0 Å². The molecule has 0 amide bonds. The molecule has 0 saturated carbocycles. The first kappa shape index (κ1) is 22.6. The maximum atomic E-state index is 8.52. The van der Waals surface area contributed by atoms with E-state index in [0.29, 0.717) is 0 Å². The standard InChI is InChI=1S/Ca.H2O4S.O.Ti/c;1-5(2,3)4;;/h;(H2,1,2,3,4);;/q+2;;-2;+4/p-2. The van der Waals surface area contributed by atoms with Gasteiger partial charge < -0.3 is 14.6 Å². The van der Waals surface area contributed by atoms with Crippen LogP contribution < -0.4 is 0 Å². The van der Waals surface area contributed by atoms with Crippen LogP contribution in [0.4, 0.5) is 0 Å². The minimum atomic E-state index is -5.17. The summed E-state index contributed by atoms with van der Waals surface area (Å²) < 4.78 is 34.1. The fourth-order valence-electron chi connectivity index (χ4n) is 0. The fourth-order valence-corrected chi connectivity index (χ4v) is 0. The van der Waals surface area contributed by atoms with Gasteiger partial charge in [-0.25, -0.2) is 0 Å². The molecule has 40 valence electrons. The quantitative estimate of drug-likeness (QED) is 0.260. The number of hydrogen-bond donors (Lipinski definition) is 0. The molecule has 8 heteroatoms. The van der Waals surface area contributed by atoms with E-state index >= 15 is 0 Å². The van der Waals surface area contributed by atoms with Crippen LogP contribution in [0.25, 0.3) is 0 Å². The van der Waals surface area contributed by atoms with Gasteiger partial charge in [0.1, 0.15) is 0 Å². The maximum absolute atomic E-state index is 8.52. The Morgan fingerprint density at radius 1 is 1.12 bits per heavy atom. The zero-order chi connectivity index (χ0) is 4.50. The fraction of sp³-hybridized carbons (Fsp3) is 0. The third-order valence-electron chi connectivity index (χ3n) is 0. The molecule has 0 spiro atoms. The summed E-state index contributed by atoms with van der Waals surface area (Å²) in [6.45, 7) is 0. The maximum Gasteiger partial charge on any atom is 4.00 e. The van der Waals surface area contributed by atoms with Crippen molar-refractivity contribution in [2.75, 3.05) is 0 Å². The molecule has 0 unspecified atom stereocenters. The second-order valence-corrected chi connectivity index (χ2v) is 1.22. The second-order valence-electron chi connectivity index (χ2n) is 0.408. The van der Waals surface area contributed by atoms with Crippen molar-refractivity contribution in [3.8, 4) is 0 Å². The molecule has 0 heterocycles. The van der Waals surface area contributed by atoms with Gasteiger partial charge in [0.05, 0.1) is 0 Å². The average Bonchev–Trinajstić information content (AvgIpc) is 0.722. The first-order valence-corrected chi connectivity index (χ1v) is 2.00. The Balaban J connectivity index is -0.0000000267. The minimum Gasteiger partial charge on any atom is -2.00 e. The number of rotatable bonds is 0. The van der Waals surface area contributed by atoms with Gasteiger partial charge in [-0.3, -0.25) is 8.42 Å². The van der Waals surface area contributed by atoms with E-state index in [9.17, 15) is 0 Å². The minimum absolute atomic E-state index is 0. The van der Waals surface area contributed by atoms with Crippen molar-refractivity contribution in [1.29, 1.82) is 0 Å². The zero-order valence-corrected chi connectivity index (χ0v) is 8.24. The Morgan fingerprint density at radius 2 is 1.12 bits per heavy atom. The van der Waals surface area contributed by atoms with E-state index in [4.69, 9.17) is 17.5 Å². The molecule has 0 bridgehead atoms. The van der Waals surface area contributed by atoms with Gasteiger partial charge in [0.2, 0.25) is 0 Å². The summed E-state index contributed by atoms with van der Waals surface area (Å²) >= 11 is 0. The van der Waals surface area contributed by atoms with Gasteiger partial charge in [0.25, 0.3) is 0 Å². The summed E-state index contributed by atoms with van der Waals surface area (Å²) in [5.74, 6) is 0. The molecule has 0 atom stereocenters. The molecule has 0 aliphatic rings. The molecule has 8 heavy (non-hydrogen) atoms. The normalized spacial score (nSPS) is 7.25. The van der Waals surface area contributed by atoms with Gasteiger partial charge in [0.15, 0.2) is 0 Å². The average molecular weight is 200 g/mol. The smallest absolute Gasteiger partial charge is 2.00 e. The SMILES string of the molecule is O=S(=O)([O-])[O-].[Ca+2].[O-2].[Ti+4]. The van der Waals surface area contributed by atoms with Gasteiger partial charge in [0, 0.05) is 10.4 Å². The van der Waals surface area contributed by atoms with E-state index in [1.807, 2.05) is 0 Å². The molecule has 0 saturated heterocycles. The first-order chi connectivity index (χ1) is 2.00. The topological polar surface area (TPSA) is 109 Å². The Kier molecular flexibility index (Phi) is 24.8. The van der Waals surface area contributed by atoms with Crippen LogP contribution in [0.2, 0.25) is 0 Å². The first-order valence-electron chi connectivity index (χ1n) is 0.667. The van der Waals surface area contributed by atoms with Crippen molar-refractivity contribution in [2.24, 2.45) is 0 Å². The molecular weight excluding hydrogens is 200 g/mol. The van der Waals surface area contributed by atoms with Crippen LogP contribution in [0.1, 0.15) is 0 Å². The van der Waals surface area contributed by atoms with Crippen LogP contribution in [-0.2, 0) is 37.6 Å². The third kappa shape index (κ3) is 111. The van der Waals surface area contributed by atoms with Crippen molar-refractivity contribution >= 4 is 48.1 Å². The summed E-state index contributed by atoms with van der Waals surface area (Å²) in [7, 11) is -5.17. The largest absolute Gasteiger partial charge is 4.00 e. The molecule has 0 aromatic rings. The third-order valence-corrected chi connectivity index (χ3v) is 0. The van der Waals surface area contributed by atoms with E-state index in [1.165, 1.54) is 0 Å². The molecule has 0 fully saturated rings. The monoisotopic (exact) mass is 200 g/mol. The summed E-state index contributed by atoms with van der Waals surface area (Å²) in [4.78, 5) is 0. The van der Waals surface area contributed by atoms with E-state index in [2.05, 4.69) is 0 Å². The Bertz CT molecular complexity index is 95.6. The molecular formula is CaO5STi+2. The Hall–Kier alpha value is 1.80. The van der Waals surface area contributed by atoms with Crippen molar-refractivity contribution in [3.05, 3.63) is 0 Å². The van der Waals surface area contributed by atoms with Crippen LogP contribution in [-0.4, -0.2) is 55.3 Å². The molecule has 0 rings (SSSR count).